The molecule has 0 saturated carbocycles. The lowest BCUT2D eigenvalue weighted by molar-refractivity contribution is 0.440. The first kappa shape index (κ1) is 16.3. The van der Waals surface area contributed by atoms with Crippen molar-refractivity contribution in [1.82, 2.24) is 0 Å². The van der Waals surface area contributed by atoms with Crippen LogP contribution in [-0.4, -0.2) is 0 Å². The van der Waals surface area contributed by atoms with Crippen LogP contribution in [0.1, 0.15) is 53.3 Å². The molecule has 0 N–H and O–H groups in total. The summed E-state index contributed by atoms with van der Waals surface area (Å²) in [5.41, 5.74) is 5.54. The van der Waals surface area contributed by atoms with Gasteiger partial charge in [-0.15, -0.1) is 0 Å². The zero-order valence-corrected chi connectivity index (χ0v) is 15.0. The third-order valence-electron chi connectivity index (χ3n) is 4.48. The summed E-state index contributed by atoms with van der Waals surface area (Å²) in [5, 5.41) is 0. The molecule has 3 atom stereocenters. The van der Waals surface area contributed by atoms with E-state index in [4.69, 9.17) is 0 Å². The van der Waals surface area contributed by atoms with Gasteiger partial charge in [0, 0.05) is 10.7 Å². The zero-order chi connectivity index (χ0) is 15.4. The molecule has 2 rings (SSSR count). The van der Waals surface area contributed by atoms with Gasteiger partial charge in [-0.2, -0.15) is 0 Å². The van der Waals surface area contributed by atoms with Crippen molar-refractivity contribution < 1.29 is 0 Å². The van der Waals surface area contributed by atoms with Gasteiger partial charge in [-0.05, 0) is 36.5 Å². The predicted octanol–water partition coefficient (Wildman–Crippen LogP) is 6.57. The van der Waals surface area contributed by atoms with Crippen LogP contribution in [0.2, 0.25) is 0 Å². The summed E-state index contributed by atoms with van der Waals surface area (Å²) in [6.45, 7) is 9.01. The molecule has 0 spiro atoms. The van der Waals surface area contributed by atoms with Crippen molar-refractivity contribution in [2.24, 2.45) is 5.92 Å². The second-order valence-electron chi connectivity index (χ2n) is 6.08. The lowest BCUT2D eigenvalue weighted by Gasteiger charge is -2.29. The van der Waals surface area contributed by atoms with Crippen LogP contribution in [-0.2, 0) is 0 Å². The molecule has 0 aliphatic rings. The van der Waals surface area contributed by atoms with Crippen LogP contribution in [0.15, 0.2) is 48.5 Å². The molecule has 0 aliphatic carbocycles. The molecule has 0 saturated heterocycles. The second kappa shape index (κ2) is 7.26. The minimum absolute atomic E-state index is 0.357. The third-order valence-corrected chi connectivity index (χ3v) is 5.54. The summed E-state index contributed by atoms with van der Waals surface area (Å²) in [6, 6.07) is 17.7. The van der Waals surface area contributed by atoms with Crippen LogP contribution in [0.25, 0.3) is 0 Å². The van der Waals surface area contributed by atoms with Gasteiger partial charge in [-0.3, -0.25) is 0 Å². The average Bonchev–Trinajstić information content (AvgIpc) is 2.48. The van der Waals surface area contributed by atoms with Gasteiger partial charge in [0.25, 0.3) is 0 Å². The molecule has 2 aromatic rings. The number of hydrogen-bond acceptors (Lipinski definition) is 0. The average molecular weight is 345 g/mol. The van der Waals surface area contributed by atoms with Crippen molar-refractivity contribution in [2.45, 2.75) is 44.9 Å². The minimum Gasteiger partial charge on any atom is -0.0832 e. The van der Waals surface area contributed by atoms with Crippen molar-refractivity contribution in [3.8, 4) is 0 Å². The summed E-state index contributed by atoms with van der Waals surface area (Å²) < 4.78 is 0. The zero-order valence-electron chi connectivity index (χ0n) is 13.4. The summed E-state index contributed by atoms with van der Waals surface area (Å²) in [5.74, 6) is 1.13. The van der Waals surface area contributed by atoms with Crippen LogP contribution in [0.5, 0.6) is 0 Å². The molecule has 1 heteroatoms. The Morgan fingerprint density at radius 1 is 1.00 bits per heavy atom. The topological polar surface area (TPSA) is 0 Å². The number of aryl methyl sites for hydroxylation is 2. The summed E-state index contributed by atoms with van der Waals surface area (Å²) in [6.07, 6.45) is 1.19. The molecule has 21 heavy (non-hydrogen) atoms. The van der Waals surface area contributed by atoms with Gasteiger partial charge in [-0.25, -0.2) is 0 Å². The van der Waals surface area contributed by atoms with Gasteiger partial charge in [0.1, 0.15) is 0 Å². The third kappa shape index (κ3) is 3.77. The van der Waals surface area contributed by atoms with Crippen LogP contribution in [0.4, 0.5) is 0 Å². The van der Waals surface area contributed by atoms with E-state index in [2.05, 4.69) is 92.2 Å². The fourth-order valence-corrected chi connectivity index (χ4v) is 4.38. The predicted molar refractivity (Wildman–Crippen MR) is 96.2 cm³/mol. The maximum absolute atomic E-state index is 4.01. The van der Waals surface area contributed by atoms with E-state index in [1.807, 2.05) is 0 Å². The van der Waals surface area contributed by atoms with Crippen molar-refractivity contribution >= 4 is 15.9 Å². The molecule has 0 nitrogen and oxygen atoms in total. The molecule has 0 radical (unpaired) electrons. The molecule has 3 unspecified atom stereocenters. The first-order valence-electron chi connectivity index (χ1n) is 7.80. The number of rotatable bonds is 5. The van der Waals surface area contributed by atoms with Gasteiger partial charge in [-0.1, -0.05) is 90.3 Å². The molecule has 2 aromatic carbocycles. The van der Waals surface area contributed by atoms with Gasteiger partial charge in [0.2, 0.25) is 0 Å². The summed E-state index contributed by atoms with van der Waals surface area (Å²) in [4.78, 5) is 0.357. The Morgan fingerprint density at radius 3 is 2.24 bits per heavy atom. The second-order valence-corrected chi connectivity index (χ2v) is 7.07. The first-order chi connectivity index (χ1) is 10.0. The van der Waals surface area contributed by atoms with Crippen molar-refractivity contribution in [1.29, 1.82) is 0 Å². The minimum atomic E-state index is 0.357. The SMILES string of the molecule is CCC(C)C(c1ccccc1)C(Br)c1ccc(C)cc1C. The maximum Gasteiger partial charge on any atom is 0.0468 e. The quantitative estimate of drug-likeness (QED) is 0.538. The number of halogens is 1. The summed E-state index contributed by atoms with van der Waals surface area (Å²) >= 11 is 4.01. The monoisotopic (exact) mass is 344 g/mol. The highest BCUT2D eigenvalue weighted by Gasteiger charge is 2.27. The van der Waals surface area contributed by atoms with E-state index in [1.165, 1.54) is 28.7 Å². The molecule has 0 heterocycles. The molecule has 0 amide bonds. The number of alkyl halides is 1. The molecule has 0 bridgehead atoms. The first-order valence-corrected chi connectivity index (χ1v) is 8.72. The van der Waals surface area contributed by atoms with Gasteiger partial charge in [0.15, 0.2) is 0 Å². The Kier molecular flexibility index (Phi) is 5.64. The molecular weight excluding hydrogens is 320 g/mol. The lowest BCUT2D eigenvalue weighted by Crippen LogP contribution is -2.15. The van der Waals surface area contributed by atoms with E-state index < -0.39 is 0 Å². The van der Waals surface area contributed by atoms with E-state index in [-0.39, 0.29) is 0 Å². The van der Waals surface area contributed by atoms with Gasteiger partial charge in [0.05, 0.1) is 0 Å². The number of hydrogen-bond donors (Lipinski definition) is 0. The summed E-state index contributed by atoms with van der Waals surface area (Å²) in [7, 11) is 0. The fraction of sp³-hybridized carbons (Fsp3) is 0.400. The Labute approximate surface area is 137 Å². The Balaban J connectivity index is 2.41. The fourth-order valence-electron chi connectivity index (χ4n) is 3.04. The van der Waals surface area contributed by atoms with Crippen molar-refractivity contribution in [3.05, 3.63) is 70.8 Å². The van der Waals surface area contributed by atoms with Crippen LogP contribution >= 0.6 is 15.9 Å². The lowest BCUT2D eigenvalue weighted by atomic mass is 9.80. The largest absolute Gasteiger partial charge is 0.0832 e. The Hall–Kier alpha value is -1.08. The standard InChI is InChI=1S/C20H25Br/c1-5-15(3)19(17-9-7-6-8-10-17)20(21)18-12-11-14(2)13-16(18)4/h6-13,15,19-20H,5H2,1-4H3. The molecule has 0 aromatic heterocycles. The molecule has 112 valence electrons. The molecular formula is C20H25Br. The smallest absolute Gasteiger partial charge is 0.0468 e. The number of benzene rings is 2. The highest BCUT2D eigenvalue weighted by molar-refractivity contribution is 9.09. The Morgan fingerprint density at radius 2 is 1.67 bits per heavy atom. The highest BCUT2D eigenvalue weighted by atomic mass is 79.9. The van der Waals surface area contributed by atoms with Gasteiger partial charge >= 0.3 is 0 Å². The normalized spacial score (nSPS) is 15.5. The molecule has 0 aliphatic heterocycles. The maximum atomic E-state index is 4.01. The van der Waals surface area contributed by atoms with E-state index in [0.717, 1.165) is 0 Å². The molecule has 0 fully saturated rings. The van der Waals surface area contributed by atoms with Crippen LogP contribution in [0.3, 0.4) is 0 Å². The van der Waals surface area contributed by atoms with E-state index in [0.29, 0.717) is 16.7 Å². The van der Waals surface area contributed by atoms with E-state index in [1.54, 1.807) is 0 Å². The Bertz CT molecular complexity index is 574. The van der Waals surface area contributed by atoms with Crippen LogP contribution < -0.4 is 0 Å². The van der Waals surface area contributed by atoms with Gasteiger partial charge < -0.3 is 0 Å². The van der Waals surface area contributed by atoms with Crippen LogP contribution in [0, 0.1) is 19.8 Å². The van der Waals surface area contributed by atoms with Crippen molar-refractivity contribution in [2.75, 3.05) is 0 Å². The highest BCUT2D eigenvalue weighted by Crippen LogP contribution is 2.44. The van der Waals surface area contributed by atoms with E-state index in [9.17, 15) is 0 Å². The van der Waals surface area contributed by atoms with Crippen molar-refractivity contribution in [3.63, 3.8) is 0 Å². The van der Waals surface area contributed by atoms with E-state index >= 15 is 0 Å².